The van der Waals surface area contributed by atoms with E-state index < -0.39 is 5.82 Å². The van der Waals surface area contributed by atoms with Gasteiger partial charge in [0.2, 0.25) is 0 Å². The molecule has 1 amide bonds. The van der Waals surface area contributed by atoms with Crippen LogP contribution in [0.4, 0.5) is 4.39 Å². The number of carbonyl (C=O) groups excluding carboxylic acids is 1. The molecule has 0 aliphatic rings. The molecule has 2 rings (SSSR count). The lowest BCUT2D eigenvalue weighted by Crippen LogP contribution is -2.27. The maximum absolute atomic E-state index is 14.0. The maximum Gasteiger partial charge on any atom is 0.256 e. The van der Waals surface area contributed by atoms with Gasteiger partial charge in [0.05, 0.1) is 17.2 Å². The van der Waals surface area contributed by atoms with E-state index in [-0.39, 0.29) is 11.5 Å². The van der Waals surface area contributed by atoms with Crippen molar-refractivity contribution in [3.05, 3.63) is 70.5 Å². The molecule has 0 saturated heterocycles. The molecule has 0 aliphatic carbocycles. The van der Waals surface area contributed by atoms with Crippen molar-refractivity contribution in [1.29, 1.82) is 5.26 Å². The third-order valence-electron chi connectivity index (χ3n) is 3.24. The average molecular weight is 282 g/mol. The first-order valence-electron chi connectivity index (χ1n) is 6.52. The summed E-state index contributed by atoms with van der Waals surface area (Å²) in [6.07, 6.45) is 0. The molecule has 0 radical (unpaired) electrons. The first-order valence-corrected chi connectivity index (χ1v) is 6.52. The van der Waals surface area contributed by atoms with Gasteiger partial charge in [-0.15, -0.1) is 0 Å². The van der Waals surface area contributed by atoms with Crippen LogP contribution in [0.1, 0.15) is 27.0 Å². The van der Waals surface area contributed by atoms with Crippen LogP contribution in [0.5, 0.6) is 0 Å². The molecule has 3 nitrogen and oxygen atoms in total. The molecule has 2 aromatic rings. The number of rotatable bonds is 3. The minimum Gasteiger partial charge on any atom is -0.337 e. The Balaban J connectivity index is 2.20. The zero-order chi connectivity index (χ0) is 15.4. The number of nitrogens with zero attached hydrogens (tertiary/aromatic N) is 2. The van der Waals surface area contributed by atoms with Gasteiger partial charge < -0.3 is 4.90 Å². The highest BCUT2D eigenvalue weighted by atomic mass is 19.1. The third-order valence-corrected chi connectivity index (χ3v) is 3.24. The number of benzene rings is 2. The number of amides is 1. The lowest BCUT2D eigenvalue weighted by Gasteiger charge is -2.18. The summed E-state index contributed by atoms with van der Waals surface area (Å²) in [6.45, 7) is 1.95. The molecule has 106 valence electrons. The lowest BCUT2D eigenvalue weighted by molar-refractivity contribution is 0.0780. The molecular weight excluding hydrogens is 267 g/mol. The van der Waals surface area contributed by atoms with Crippen LogP contribution in [-0.4, -0.2) is 17.9 Å². The first kappa shape index (κ1) is 14.7. The predicted octanol–water partition coefficient (Wildman–Crippen LogP) is 3.28. The van der Waals surface area contributed by atoms with Gasteiger partial charge >= 0.3 is 0 Å². The summed E-state index contributed by atoms with van der Waals surface area (Å²) in [5, 5.41) is 8.87. The average Bonchev–Trinajstić information content (AvgIpc) is 2.49. The minimum atomic E-state index is -0.486. The molecule has 0 spiro atoms. The number of aryl methyl sites for hydroxylation is 1. The van der Waals surface area contributed by atoms with Crippen molar-refractivity contribution in [2.45, 2.75) is 13.5 Å². The van der Waals surface area contributed by atoms with Crippen LogP contribution in [0.25, 0.3) is 0 Å². The molecule has 0 aliphatic heterocycles. The summed E-state index contributed by atoms with van der Waals surface area (Å²) in [5.41, 5.74) is 1.88. The smallest absolute Gasteiger partial charge is 0.256 e. The Morgan fingerprint density at radius 3 is 2.71 bits per heavy atom. The summed E-state index contributed by atoms with van der Waals surface area (Å²) in [4.78, 5) is 13.7. The van der Waals surface area contributed by atoms with E-state index in [1.165, 1.54) is 11.0 Å². The second kappa shape index (κ2) is 6.19. The third kappa shape index (κ3) is 3.26. The minimum absolute atomic E-state index is 0.0638. The van der Waals surface area contributed by atoms with Crippen molar-refractivity contribution in [2.24, 2.45) is 0 Å². The van der Waals surface area contributed by atoms with E-state index in [0.29, 0.717) is 17.7 Å². The summed E-state index contributed by atoms with van der Waals surface area (Å²) in [7, 11) is 1.61. The first-order chi connectivity index (χ1) is 10.0. The molecule has 21 heavy (non-hydrogen) atoms. The van der Waals surface area contributed by atoms with E-state index in [4.69, 9.17) is 5.26 Å². The zero-order valence-corrected chi connectivity index (χ0v) is 11.9. The molecular formula is C17H15FN2O. The molecule has 0 unspecified atom stereocenters. The van der Waals surface area contributed by atoms with Crippen molar-refractivity contribution in [2.75, 3.05) is 7.05 Å². The number of hydrogen-bond acceptors (Lipinski definition) is 2. The van der Waals surface area contributed by atoms with Gasteiger partial charge in [-0.25, -0.2) is 4.39 Å². The molecule has 4 heteroatoms. The molecule has 0 N–H and O–H groups in total. The summed E-state index contributed by atoms with van der Waals surface area (Å²) >= 11 is 0. The topological polar surface area (TPSA) is 44.1 Å². The highest BCUT2D eigenvalue weighted by molar-refractivity contribution is 5.94. The van der Waals surface area contributed by atoms with Gasteiger partial charge in [0.1, 0.15) is 5.82 Å². The van der Waals surface area contributed by atoms with E-state index >= 15 is 0 Å². The van der Waals surface area contributed by atoms with Gasteiger partial charge in [0, 0.05) is 13.6 Å². The second-order valence-electron chi connectivity index (χ2n) is 4.91. The van der Waals surface area contributed by atoms with E-state index in [1.54, 1.807) is 44.3 Å². The number of halogens is 1. The van der Waals surface area contributed by atoms with E-state index in [0.717, 1.165) is 5.56 Å². The van der Waals surface area contributed by atoms with Crippen LogP contribution in [0.3, 0.4) is 0 Å². The van der Waals surface area contributed by atoms with Gasteiger partial charge in [0.15, 0.2) is 0 Å². The van der Waals surface area contributed by atoms with Crippen LogP contribution in [0.15, 0.2) is 42.5 Å². The van der Waals surface area contributed by atoms with Crippen molar-refractivity contribution in [3.8, 4) is 6.07 Å². The number of carbonyl (C=O) groups is 1. The second-order valence-corrected chi connectivity index (χ2v) is 4.91. The Hall–Kier alpha value is -2.67. The summed E-state index contributed by atoms with van der Waals surface area (Å²) in [6, 6.07) is 13.8. The van der Waals surface area contributed by atoms with Crippen LogP contribution < -0.4 is 0 Å². The van der Waals surface area contributed by atoms with Crippen molar-refractivity contribution >= 4 is 5.91 Å². The Morgan fingerprint density at radius 1 is 1.29 bits per heavy atom. The quantitative estimate of drug-likeness (QED) is 0.867. The fourth-order valence-corrected chi connectivity index (χ4v) is 2.10. The number of hydrogen-bond donors (Lipinski definition) is 0. The fraction of sp³-hybridized carbons (Fsp3) is 0.176. The van der Waals surface area contributed by atoms with Crippen LogP contribution in [0.2, 0.25) is 0 Å². The number of nitriles is 1. The summed E-state index contributed by atoms with van der Waals surface area (Å²) in [5.74, 6) is -0.862. The van der Waals surface area contributed by atoms with Gasteiger partial charge in [-0.2, -0.15) is 5.26 Å². The highest BCUT2D eigenvalue weighted by Gasteiger charge is 2.17. The Morgan fingerprint density at radius 2 is 2.00 bits per heavy atom. The SMILES string of the molecule is Cc1cccc(C(=O)N(C)Cc2cccc(C#N)c2)c1F. The Bertz CT molecular complexity index is 719. The van der Waals surface area contributed by atoms with Crippen molar-refractivity contribution < 1.29 is 9.18 Å². The highest BCUT2D eigenvalue weighted by Crippen LogP contribution is 2.15. The fourth-order valence-electron chi connectivity index (χ4n) is 2.10. The zero-order valence-electron chi connectivity index (χ0n) is 11.9. The molecule has 0 atom stereocenters. The molecule has 0 saturated carbocycles. The standard InChI is InChI=1S/C17H15FN2O/c1-12-5-3-8-15(16(12)18)17(21)20(2)11-14-7-4-6-13(9-14)10-19/h3-9H,11H2,1-2H3. The Labute approximate surface area is 123 Å². The van der Waals surface area contributed by atoms with Gasteiger partial charge in [-0.3, -0.25) is 4.79 Å². The van der Waals surface area contributed by atoms with Crippen molar-refractivity contribution in [1.82, 2.24) is 4.90 Å². The lowest BCUT2D eigenvalue weighted by atomic mass is 10.1. The molecule has 2 aromatic carbocycles. The molecule has 0 fully saturated rings. The predicted molar refractivity (Wildman–Crippen MR) is 78.1 cm³/mol. The van der Waals surface area contributed by atoms with E-state index in [9.17, 15) is 9.18 Å². The Kier molecular flexibility index (Phi) is 4.34. The maximum atomic E-state index is 14.0. The summed E-state index contributed by atoms with van der Waals surface area (Å²) < 4.78 is 14.0. The molecule has 0 heterocycles. The van der Waals surface area contributed by atoms with Crippen LogP contribution in [-0.2, 0) is 6.54 Å². The largest absolute Gasteiger partial charge is 0.337 e. The normalized spacial score (nSPS) is 10.0. The molecule has 0 bridgehead atoms. The van der Waals surface area contributed by atoms with Crippen molar-refractivity contribution in [3.63, 3.8) is 0 Å². The van der Waals surface area contributed by atoms with Gasteiger partial charge in [-0.1, -0.05) is 24.3 Å². The monoisotopic (exact) mass is 282 g/mol. The van der Waals surface area contributed by atoms with Gasteiger partial charge in [0.25, 0.3) is 5.91 Å². The van der Waals surface area contributed by atoms with E-state index in [2.05, 4.69) is 6.07 Å². The molecule has 0 aromatic heterocycles. The van der Waals surface area contributed by atoms with E-state index in [1.807, 2.05) is 6.07 Å². The van der Waals surface area contributed by atoms with Gasteiger partial charge in [-0.05, 0) is 36.2 Å². The van der Waals surface area contributed by atoms with Crippen LogP contribution in [0, 0.1) is 24.1 Å². The van der Waals surface area contributed by atoms with Crippen LogP contribution >= 0.6 is 0 Å².